The molecule has 2 aromatic heterocycles. The zero-order valence-electron chi connectivity index (χ0n) is 12.9. The second kappa shape index (κ2) is 6.62. The highest BCUT2D eigenvalue weighted by atomic mass is 16.2. The highest BCUT2D eigenvalue weighted by Crippen LogP contribution is 2.15. The first kappa shape index (κ1) is 15.2. The molecule has 0 spiro atoms. The average Bonchev–Trinajstić information content (AvgIpc) is 2.56. The monoisotopic (exact) mass is 313 g/mol. The summed E-state index contributed by atoms with van der Waals surface area (Å²) < 4.78 is 0. The molecule has 0 atom stereocenters. The third-order valence-electron chi connectivity index (χ3n) is 3.77. The zero-order chi connectivity index (χ0) is 16.2. The lowest BCUT2D eigenvalue weighted by atomic mass is 10.2. The normalized spacial score (nSPS) is 14.6. The van der Waals surface area contributed by atoms with E-state index in [2.05, 4.69) is 25.5 Å². The number of nitrogens with zero attached hydrogens (tertiary/aromatic N) is 2. The van der Waals surface area contributed by atoms with Crippen LogP contribution in [0.5, 0.6) is 0 Å². The quantitative estimate of drug-likeness (QED) is 0.777. The fourth-order valence-corrected chi connectivity index (χ4v) is 2.50. The van der Waals surface area contributed by atoms with Crippen molar-refractivity contribution in [1.82, 2.24) is 15.3 Å². The first-order valence-electron chi connectivity index (χ1n) is 7.56. The van der Waals surface area contributed by atoms with Crippen LogP contribution < -0.4 is 21.1 Å². The lowest BCUT2D eigenvalue weighted by Gasteiger charge is -2.29. The predicted molar refractivity (Wildman–Crippen MR) is 89.1 cm³/mol. The van der Waals surface area contributed by atoms with Gasteiger partial charge in [0, 0.05) is 31.9 Å². The lowest BCUT2D eigenvalue weighted by Crippen LogP contribution is -2.43. The number of carbonyl (C=O) groups excluding carboxylic acids is 1. The van der Waals surface area contributed by atoms with E-state index in [1.165, 1.54) is 6.07 Å². The Labute approximate surface area is 133 Å². The van der Waals surface area contributed by atoms with Crippen molar-refractivity contribution in [1.29, 1.82) is 0 Å². The zero-order valence-corrected chi connectivity index (χ0v) is 12.9. The van der Waals surface area contributed by atoms with Gasteiger partial charge in [0.25, 0.3) is 11.5 Å². The van der Waals surface area contributed by atoms with Crippen LogP contribution in [0.15, 0.2) is 35.3 Å². The summed E-state index contributed by atoms with van der Waals surface area (Å²) in [6.45, 7) is 5.54. The molecule has 3 rings (SSSR count). The minimum Gasteiger partial charge on any atom is -0.368 e. The van der Waals surface area contributed by atoms with E-state index in [0.717, 1.165) is 31.9 Å². The van der Waals surface area contributed by atoms with E-state index in [1.807, 2.05) is 6.07 Å². The molecule has 0 saturated carbocycles. The van der Waals surface area contributed by atoms with Gasteiger partial charge in [0.05, 0.1) is 11.9 Å². The fourth-order valence-electron chi connectivity index (χ4n) is 2.50. The Morgan fingerprint density at radius 2 is 2.00 bits per heavy atom. The van der Waals surface area contributed by atoms with Gasteiger partial charge in [-0.05, 0) is 31.2 Å². The summed E-state index contributed by atoms with van der Waals surface area (Å²) in [5.74, 6) is -0.0393. The molecule has 0 bridgehead atoms. The standard InChI is InChI=1S/C16H19N5O2/c1-11-2-4-13(15(22)19-11)16(23)20-14-5-3-12(10-18-14)21-8-6-17-7-9-21/h2-5,10,17H,6-9H2,1H3,(H,19,22)(H,18,20,23). The molecule has 1 amide bonds. The van der Waals surface area contributed by atoms with Gasteiger partial charge in [0.1, 0.15) is 11.4 Å². The Morgan fingerprint density at radius 3 is 2.65 bits per heavy atom. The van der Waals surface area contributed by atoms with Crippen molar-refractivity contribution in [3.63, 3.8) is 0 Å². The second-order valence-corrected chi connectivity index (χ2v) is 5.48. The van der Waals surface area contributed by atoms with Crippen LogP contribution in [-0.4, -0.2) is 42.1 Å². The Hall–Kier alpha value is -2.67. The van der Waals surface area contributed by atoms with E-state index in [-0.39, 0.29) is 5.56 Å². The third-order valence-corrected chi connectivity index (χ3v) is 3.77. The molecule has 3 N–H and O–H groups in total. The molecule has 1 aliphatic heterocycles. The smallest absolute Gasteiger partial charge is 0.262 e. The second-order valence-electron chi connectivity index (χ2n) is 5.48. The number of carbonyl (C=O) groups is 1. The Bertz CT molecular complexity index is 748. The number of pyridine rings is 2. The molecule has 0 aromatic carbocycles. The molecular weight excluding hydrogens is 294 g/mol. The van der Waals surface area contributed by atoms with Crippen LogP contribution in [0.25, 0.3) is 0 Å². The summed E-state index contributed by atoms with van der Waals surface area (Å²) in [6.07, 6.45) is 1.74. The molecule has 0 aliphatic carbocycles. The molecule has 120 valence electrons. The summed E-state index contributed by atoms with van der Waals surface area (Å²) in [7, 11) is 0. The molecule has 7 nitrogen and oxygen atoms in total. The van der Waals surface area contributed by atoms with E-state index >= 15 is 0 Å². The topological polar surface area (TPSA) is 90.1 Å². The molecule has 23 heavy (non-hydrogen) atoms. The molecule has 1 fully saturated rings. The van der Waals surface area contributed by atoms with Gasteiger partial charge in [-0.25, -0.2) is 4.98 Å². The van der Waals surface area contributed by atoms with Crippen molar-refractivity contribution < 1.29 is 4.79 Å². The van der Waals surface area contributed by atoms with E-state index in [1.54, 1.807) is 25.3 Å². The molecule has 1 saturated heterocycles. The van der Waals surface area contributed by atoms with Gasteiger partial charge >= 0.3 is 0 Å². The number of nitrogens with one attached hydrogen (secondary N) is 3. The Morgan fingerprint density at radius 1 is 1.22 bits per heavy atom. The molecular formula is C16H19N5O2. The fraction of sp³-hybridized carbons (Fsp3) is 0.312. The van der Waals surface area contributed by atoms with Crippen molar-refractivity contribution >= 4 is 17.4 Å². The highest BCUT2D eigenvalue weighted by Gasteiger charge is 2.13. The Balaban J connectivity index is 1.70. The third kappa shape index (κ3) is 3.57. The van der Waals surface area contributed by atoms with Crippen LogP contribution in [0.1, 0.15) is 16.1 Å². The molecule has 1 aliphatic rings. The summed E-state index contributed by atoms with van der Waals surface area (Å²) in [6, 6.07) is 6.88. The first-order valence-corrected chi connectivity index (χ1v) is 7.56. The van der Waals surface area contributed by atoms with E-state index in [4.69, 9.17) is 0 Å². The van der Waals surface area contributed by atoms with Crippen LogP contribution in [0.3, 0.4) is 0 Å². The van der Waals surface area contributed by atoms with Gasteiger partial charge in [0.15, 0.2) is 0 Å². The van der Waals surface area contributed by atoms with Gasteiger partial charge in [-0.3, -0.25) is 9.59 Å². The number of aromatic nitrogens is 2. The molecule has 0 unspecified atom stereocenters. The summed E-state index contributed by atoms with van der Waals surface area (Å²) >= 11 is 0. The number of hydrogen-bond donors (Lipinski definition) is 3. The number of hydrogen-bond acceptors (Lipinski definition) is 5. The molecule has 3 heterocycles. The number of piperazine rings is 1. The maximum Gasteiger partial charge on any atom is 0.262 e. The Kier molecular flexibility index (Phi) is 4.38. The van der Waals surface area contributed by atoms with Crippen LogP contribution in [0, 0.1) is 6.92 Å². The van der Waals surface area contributed by atoms with Gasteiger partial charge in [-0.15, -0.1) is 0 Å². The number of H-pyrrole nitrogens is 1. The van der Waals surface area contributed by atoms with Crippen molar-refractivity contribution in [3.05, 3.63) is 52.1 Å². The maximum absolute atomic E-state index is 12.1. The van der Waals surface area contributed by atoms with Crippen molar-refractivity contribution in [3.8, 4) is 0 Å². The molecule has 2 aromatic rings. The van der Waals surface area contributed by atoms with Crippen LogP contribution in [0.4, 0.5) is 11.5 Å². The number of anilines is 2. The van der Waals surface area contributed by atoms with E-state index in [0.29, 0.717) is 11.5 Å². The molecule has 0 radical (unpaired) electrons. The average molecular weight is 313 g/mol. The lowest BCUT2D eigenvalue weighted by molar-refractivity contribution is 0.102. The van der Waals surface area contributed by atoms with Gasteiger partial charge in [-0.1, -0.05) is 0 Å². The summed E-state index contributed by atoms with van der Waals surface area (Å²) in [5, 5.41) is 5.95. The van der Waals surface area contributed by atoms with Crippen LogP contribution in [-0.2, 0) is 0 Å². The predicted octanol–water partition coefficient (Wildman–Crippen LogP) is 0.740. The van der Waals surface area contributed by atoms with E-state index in [9.17, 15) is 9.59 Å². The van der Waals surface area contributed by atoms with Crippen molar-refractivity contribution in [2.45, 2.75) is 6.92 Å². The van der Waals surface area contributed by atoms with Gasteiger partial charge in [0.2, 0.25) is 0 Å². The molecule has 7 heteroatoms. The van der Waals surface area contributed by atoms with E-state index < -0.39 is 11.5 Å². The van der Waals surface area contributed by atoms with Crippen LogP contribution in [0.2, 0.25) is 0 Å². The highest BCUT2D eigenvalue weighted by molar-refractivity contribution is 6.03. The van der Waals surface area contributed by atoms with Crippen LogP contribution >= 0.6 is 0 Å². The number of amides is 1. The SMILES string of the molecule is Cc1ccc(C(=O)Nc2ccc(N3CCNCC3)cn2)c(=O)[nH]1. The van der Waals surface area contributed by atoms with Crippen molar-refractivity contribution in [2.75, 3.05) is 36.4 Å². The number of rotatable bonds is 3. The first-order chi connectivity index (χ1) is 11.1. The van der Waals surface area contributed by atoms with Gasteiger partial charge < -0.3 is 20.5 Å². The largest absolute Gasteiger partial charge is 0.368 e. The van der Waals surface area contributed by atoms with Gasteiger partial charge in [-0.2, -0.15) is 0 Å². The number of aromatic amines is 1. The minimum absolute atomic E-state index is 0.0728. The van der Waals surface area contributed by atoms with Crippen molar-refractivity contribution in [2.24, 2.45) is 0 Å². The summed E-state index contributed by atoms with van der Waals surface area (Å²) in [5.41, 5.74) is 1.41. The number of aryl methyl sites for hydroxylation is 1. The maximum atomic E-state index is 12.1. The minimum atomic E-state index is -0.464. The summed E-state index contributed by atoms with van der Waals surface area (Å²) in [4.78, 5) is 33.0.